The predicted molar refractivity (Wildman–Crippen MR) is 97.4 cm³/mol. The summed E-state index contributed by atoms with van der Waals surface area (Å²) in [6, 6.07) is 8.67. The maximum absolute atomic E-state index is 12.1. The Morgan fingerprint density at radius 2 is 1.70 bits per heavy atom. The Morgan fingerprint density at radius 1 is 1.04 bits per heavy atom. The molecular formula is C17H21BrN4O. The Kier molecular flexibility index (Phi) is 4.71. The number of benzene rings is 1. The predicted octanol–water partition coefficient (Wildman–Crippen LogP) is 2.57. The van der Waals surface area contributed by atoms with Crippen molar-refractivity contribution in [3.8, 4) is 0 Å². The van der Waals surface area contributed by atoms with E-state index in [1.807, 2.05) is 0 Å². The third-order valence-corrected chi connectivity index (χ3v) is 5.04. The summed E-state index contributed by atoms with van der Waals surface area (Å²) in [6.45, 7) is 5.87. The first-order chi connectivity index (χ1) is 11.1. The summed E-state index contributed by atoms with van der Waals surface area (Å²) in [7, 11) is 1.67. The van der Waals surface area contributed by atoms with Crippen molar-refractivity contribution in [2.45, 2.75) is 13.3 Å². The summed E-state index contributed by atoms with van der Waals surface area (Å²) in [4.78, 5) is 16.7. The van der Waals surface area contributed by atoms with Crippen LogP contribution in [0.1, 0.15) is 12.0 Å². The van der Waals surface area contributed by atoms with E-state index in [1.165, 1.54) is 15.9 Å². The molecule has 122 valence electrons. The van der Waals surface area contributed by atoms with Crippen molar-refractivity contribution in [1.29, 1.82) is 0 Å². The topological polar surface area (TPSA) is 41.4 Å². The van der Waals surface area contributed by atoms with Gasteiger partial charge in [-0.2, -0.15) is 5.10 Å². The molecule has 0 bridgehead atoms. The highest BCUT2D eigenvalue weighted by Crippen LogP contribution is 2.24. The molecule has 1 fully saturated rings. The third kappa shape index (κ3) is 3.42. The van der Waals surface area contributed by atoms with Crippen LogP contribution in [0.5, 0.6) is 0 Å². The molecule has 2 aromatic rings. The minimum Gasteiger partial charge on any atom is -0.370 e. The Morgan fingerprint density at radius 3 is 2.43 bits per heavy atom. The maximum Gasteiger partial charge on any atom is 0.282 e. The summed E-state index contributed by atoms with van der Waals surface area (Å²) < 4.78 is 1.95. The highest BCUT2D eigenvalue weighted by atomic mass is 79.9. The average Bonchev–Trinajstić information content (AvgIpc) is 2.80. The number of halogens is 1. The van der Waals surface area contributed by atoms with E-state index in [2.05, 4.69) is 62.0 Å². The highest BCUT2D eigenvalue weighted by Gasteiger charge is 2.19. The zero-order chi connectivity index (χ0) is 16.4. The summed E-state index contributed by atoms with van der Waals surface area (Å²) in [5.74, 6) is 0. The van der Waals surface area contributed by atoms with Crippen LogP contribution in [-0.4, -0.2) is 36.0 Å². The van der Waals surface area contributed by atoms with Crippen LogP contribution in [0.2, 0.25) is 0 Å². The van der Waals surface area contributed by atoms with Crippen molar-refractivity contribution in [2.75, 3.05) is 36.0 Å². The lowest BCUT2D eigenvalue weighted by atomic mass is 10.2. The summed E-state index contributed by atoms with van der Waals surface area (Å²) in [5.41, 5.74) is 3.33. The van der Waals surface area contributed by atoms with Crippen molar-refractivity contribution in [2.24, 2.45) is 7.05 Å². The van der Waals surface area contributed by atoms with Gasteiger partial charge in [0.05, 0.1) is 11.9 Å². The van der Waals surface area contributed by atoms with Crippen molar-refractivity contribution < 1.29 is 0 Å². The minimum atomic E-state index is -0.0952. The molecule has 0 spiro atoms. The van der Waals surface area contributed by atoms with E-state index in [4.69, 9.17) is 0 Å². The average molecular weight is 377 g/mol. The fourth-order valence-electron chi connectivity index (χ4n) is 2.89. The highest BCUT2D eigenvalue weighted by molar-refractivity contribution is 9.10. The van der Waals surface area contributed by atoms with E-state index in [0.717, 1.165) is 38.3 Å². The van der Waals surface area contributed by atoms with Crippen molar-refractivity contribution in [3.05, 3.63) is 50.9 Å². The molecule has 1 saturated heterocycles. The molecule has 5 nitrogen and oxygen atoms in total. The van der Waals surface area contributed by atoms with Gasteiger partial charge in [0.1, 0.15) is 4.47 Å². The molecule has 0 amide bonds. The lowest BCUT2D eigenvalue weighted by Gasteiger charge is -2.25. The van der Waals surface area contributed by atoms with Crippen LogP contribution in [-0.2, 0) is 7.05 Å². The number of aryl methyl sites for hydroxylation is 2. The van der Waals surface area contributed by atoms with Gasteiger partial charge in [0.15, 0.2) is 0 Å². The standard InChI is InChI=1S/C17H21BrN4O/c1-13-4-6-14(7-5-13)21-8-3-9-22(11-10-21)15-12-19-20(2)17(23)16(15)18/h4-7,12H,3,8-11H2,1-2H3. The maximum atomic E-state index is 12.1. The lowest BCUT2D eigenvalue weighted by Crippen LogP contribution is -2.32. The molecule has 0 aliphatic carbocycles. The molecule has 6 heteroatoms. The summed E-state index contributed by atoms with van der Waals surface area (Å²) in [6.07, 6.45) is 2.82. The van der Waals surface area contributed by atoms with E-state index in [1.54, 1.807) is 13.2 Å². The molecule has 0 unspecified atom stereocenters. The molecule has 1 aromatic carbocycles. The molecule has 23 heavy (non-hydrogen) atoms. The van der Waals surface area contributed by atoms with Crippen molar-refractivity contribution in [1.82, 2.24) is 9.78 Å². The second-order valence-electron chi connectivity index (χ2n) is 5.94. The van der Waals surface area contributed by atoms with Crippen LogP contribution in [0.3, 0.4) is 0 Å². The lowest BCUT2D eigenvalue weighted by molar-refractivity contribution is 0.694. The van der Waals surface area contributed by atoms with E-state index in [9.17, 15) is 4.79 Å². The van der Waals surface area contributed by atoms with Gasteiger partial charge >= 0.3 is 0 Å². The second-order valence-corrected chi connectivity index (χ2v) is 6.73. The van der Waals surface area contributed by atoms with Gasteiger partial charge in [-0.15, -0.1) is 0 Å². The zero-order valence-electron chi connectivity index (χ0n) is 13.5. The van der Waals surface area contributed by atoms with Crippen LogP contribution in [0.15, 0.2) is 39.7 Å². The molecule has 2 heterocycles. The van der Waals surface area contributed by atoms with E-state index in [0.29, 0.717) is 4.47 Å². The Balaban J connectivity index is 1.77. The van der Waals surface area contributed by atoms with Crippen LogP contribution in [0.4, 0.5) is 11.4 Å². The van der Waals surface area contributed by atoms with Gasteiger partial charge in [0.25, 0.3) is 5.56 Å². The molecule has 0 N–H and O–H groups in total. The molecule has 1 aliphatic rings. The number of anilines is 2. The smallest absolute Gasteiger partial charge is 0.282 e. The second kappa shape index (κ2) is 6.74. The number of hydrogen-bond acceptors (Lipinski definition) is 4. The first-order valence-corrected chi connectivity index (χ1v) is 8.64. The van der Waals surface area contributed by atoms with Crippen molar-refractivity contribution in [3.63, 3.8) is 0 Å². The van der Waals surface area contributed by atoms with Crippen LogP contribution >= 0.6 is 15.9 Å². The molecule has 0 atom stereocenters. The van der Waals surface area contributed by atoms with Gasteiger partial charge in [0, 0.05) is 38.9 Å². The third-order valence-electron chi connectivity index (χ3n) is 4.30. The molecule has 1 aliphatic heterocycles. The molecule has 0 radical (unpaired) electrons. The number of aromatic nitrogens is 2. The zero-order valence-corrected chi connectivity index (χ0v) is 15.1. The fourth-order valence-corrected chi connectivity index (χ4v) is 3.50. The van der Waals surface area contributed by atoms with E-state index in [-0.39, 0.29) is 5.56 Å². The van der Waals surface area contributed by atoms with Gasteiger partial charge in [-0.1, -0.05) is 17.7 Å². The summed E-state index contributed by atoms with van der Waals surface area (Å²) >= 11 is 3.43. The van der Waals surface area contributed by atoms with Gasteiger partial charge in [0.2, 0.25) is 0 Å². The normalized spacial score (nSPS) is 15.6. The first-order valence-electron chi connectivity index (χ1n) is 7.84. The Bertz CT molecular complexity index is 741. The molecule has 0 saturated carbocycles. The van der Waals surface area contributed by atoms with E-state index < -0.39 is 0 Å². The van der Waals surface area contributed by atoms with Gasteiger partial charge in [-0.25, -0.2) is 4.68 Å². The van der Waals surface area contributed by atoms with Crippen LogP contribution < -0.4 is 15.4 Å². The number of nitrogens with zero attached hydrogens (tertiary/aromatic N) is 4. The summed E-state index contributed by atoms with van der Waals surface area (Å²) in [5, 5.41) is 4.15. The monoisotopic (exact) mass is 376 g/mol. The minimum absolute atomic E-state index is 0.0952. The van der Waals surface area contributed by atoms with Gasteiger partial charge in [-0.3, -0.25) is 4.79 Å². The number of hydrogen-bond donors (Lipinski definition) is 0. The van der Waals surface area contributed by atoms with Gasteiger partial charge < -0.3 is 9.80 Å². The largest absolute Gasteiger partial charge is 0.370 e. The van der Waals surface area contributed by atoms with Crippen molar-refractivity contribution >= 4 is 27.3 Å². The first kappa shape index (κ1) is 16.1. The van der Waals surface area contributed by atoms with Crippen LogP contribution in [0, 0.1) is 6.92 Å². The number of rotatable bonds is 2. The molecule has 1 aromatic heterocycles. The Hall–Kier alpha value is -1.82. The SMILES string of the molecule is Cc1ccc(N2CCCN(c3cnn(C)c(=O)c3Br)CC2)cc1. The van der Waals surface area contributed by atoms with E-state index >= 15 is 0 Å². The molecular weight excluding hydrogens is 356 g/mol. The Labute approximate surface area is 144 Å². The van der Waals surface area contributed by atoms with Gasteiger partial charge in [-0.05, 0) is 41.4 Å². The fraction of sp³-hybridized carbons (Fsp3) is 0.412. The quantitative estimate of drug-likeness (QED) is 0.807. The molecule has 3 rings (SSSR count). The van der Waals surface area contributed by atoms with Crippen LogP contribution in [0.25, 0.3) is 0 Å².